The van der Waals surface area contributed by atoms with E-state index >= 15 is 0 Å². The summed E-state index contributed by atoms with van der Waals surface area (Å²) >= 11 is 0. The van der Waals surface area contributed by atoms with Crippen molar-refractivity contribution in [1.82, 2.24) is 0 Å². The molecule has 110 valence electrons. The van der Waals surface area contributed by atoms with Crippen LogP contribution in [0.4, 0.5) is 17.1 Å². The summed E-state index contributed by atoms with van der Waals surface area (Å²) < 4.78 is 5.56. The molecule has 1 heterocycles. The molecule has 0 aromatic heterocycles. The molecule has 0 amide bonds. The van der Waals surface area contributed by atoms with Gasteiger partial charge < -0.3 is 20.2 Å². The molecular weight excluding hydrogens is 264 g/mol. The van der Waals surface area contributed by atoms with Crippen LogP contribution in [0.15, 0.2) is 18.2 Å². The Morgan fingerprint density at radius 2 is 2.30 bits per heavy atom. The molecule has 0 radical (unpaired) electrons. The van der Waals surface area contributed by atoms with Crippen LogP contribution in [-0.2, 0) is 4.74 Å². The molecule has 1 fully saturated rings. The minimum atomic E-state index is -0.461. The number of aliphatic hydroxyl groups excluding tert-OH is 1. The van der Waals surface area contributed by atoms with Crippen LogP contribution in [0, 0.1) is 10.1 Å². The first-order chi connectivity index (χ1) is 9.53. The quantitative estimate of drug-likeness (QED) is 0.417. The molecule has 2 rings (SSSR count). The molecule has 8 heteroatoms. The van der Waals surface area contributed by atoms with Crippen molar-refractivity contribution in [3.63, 3.8) is 0 Å². The van der Waals surface area contributed by atoms with Crippen molar-refractivity contribution < 1.29 is 14.8 Å². The van der Waals surface area contributed by atoms with E-state index in [1.54, 1.807) is 6.07 Å². The first kappa shape index (κ1) is 14.5. The van der Waals surface area contributed by atoms with E-state index in [0.717, 1.165) is 0 Å². The molecular formula is C12H18N4O4. The maximum absolute atomic E-state index is 10.9. The van der Waals surface area contributed by atoms with Gasteiger partial charge >= 0.3 is 0 Å². The summed E-state index contributed by atoms with van der Waals surface area (Å²) in [6, 6.07) is 4.60. The molecule has 1 saturated heterocycles. The van der Waals surface area contributed by atoms with Crippen molar-refractivity contribution >= 4 is 17.1 Å². The van der Waals surface area contributed by atoms with E-state index in [4.69, 9.17) is 10.6 Å². The summed E-state index contributed by atoms with van der Waals surface area (Å²) in [6.45, 7) is 2.89. The number of nitrogen functional groups attached to an aromatic ring is 1. The summed E-state index contributed by atoms with van der Waals surface area (Å²) in [5.74, 6) is 5.34. The number of ether oxygens (including phenoxy) is 1. The van der Waals surface area contributed by atoms with Crippen LogP contribution in [0.5, 0.6) is 0 Å². The smallest absolute Gasteiger partial charge is 0.273 e. The van der Waals surface area contributed by atoms with Crippen LogP contribution in [0.2, 0.25) is 0 Å². The topological polar surface area (TPSA) is 114 Å². The lowest BCUT2D eigenvalue weighted by molar-refractivity contribution is -0.384. The van der Waals surface area contributed by atoms with E-state index in [1.807, 2.05) is 11.8 Å². The van der Waals surface area contributed by atoms with Gasteiger partial charge in [0.25, 0.3) is 5.69 Å². The molecule has 20 heavy (non-hydrogen) atoms. The van der Waals surface area contributed by atoms with Crippen LogP contribution in [0.1, 0.15) is 6.92 Å². The maximum Gasteiger partial charge on any atom is 0.273 e. The van der Waals surface area contributed by atoms with Crippen LogP contribution in [0.25, 0.3) is 0 Å². The Morgan fingerprint density at radius 3 is 2.90 bits per heavy atom. The van der Waals surface area contributed by atoms with Gasteiger partial charge in [-0.25, -0.2) is 0 Å². The van der Waals surface area contributed by atoms with E-state index in [0.29, 0.717) is 24.5 Å². The number of benzene rings is 1. The van der Waals surface area contributed by atoms with Gasteiger partial charge in [-0.2, -0.15) is 0 Å². The lowest BCUT2D eigenvalue weighted by Gasteiger charge is -2.37. The van der Waals surface area contributed by atoms with E-state index in [9.17, 15) is 15.2 Å². The molecule has 0 aliphatic carbocycles. The molecule has 4 N–H and O–H groups in total. The number of non-ortho nitro benzene ring substituents is 1. The lowest BCUT2D eigenvalue weighted by Crippen LogP contribution is -2.48. The van der Waals surface area contributed by atoms with Crippen LogP contribution < -0.4 is 16.2 Å². The van der Waals surface area contributed by atoms with Crippen molar-refractivity contribution in [2.24, 2.45) is 5.84 Å². The molecule has 8 nitrogen and oxygen atoms in total. The molecule has 0 spiro atoms. The van der Waals surface area contributed by atoms with Crippen molar-refractivity contribution in [2.45, 2.75) is 19.1 Å². The number of hydrogen-bond acceptors (Lipinski definition) is 7. The van der Waals surface area contributed by atoms with E-state index in [2.05, 4.69) is 5.43 Å². The fourth-order valence-electron chi connectivity index (χ4n) is 2.32. The predicted molar refractivity (Wildman–Crippen MR) is 74.5 cm³/mol. The van der Waals surface area contributed by atoms with Crippen LogP contribution >= 0.6 is 0 Å². The average Bonchev–Trinajstić information content (AvgIpc) is 2.45. The summed E-state index contributed by atoms with van der Waals surface area (Å²) in [5, 5.41) is 20.2. The third-order valence-corrected chi connectivity index (χ3v) is 3.18. The molecule has 1 aromatic carbocycles. The number of hydrazine groups is 1. The number of rotatable bonds is 4. The zero-order valence-corrected chi connectivity index (χ0v) is 11.2. The standard InChI is InChI=1S/C12H18N4O4/c1-8-5-15(6-12(7-17)20-8)10-2-9(14-13)3-11(4-10)16(18)19/h2-4,8,12,14,17H,5-7,13H2,1H3. The van der Waals surface area contributed by atoms with E-state index in [-0.39, 0.29) is 24.5 Å². The third-order valence-electron chi connectivity index (χ3n) is 3.18. The van der Waals surface area contributed by atoms with Gasteiger partial charge in [-0.3, -0.25) is 16.0 Å². The highest BCUT2D eigenvalue weighted by Crippen LogP contribution is 2.28. The number of hydrogen-bond donors (Lipinski definition) is 3. The lowest BCUT2D eigenvalue weighted by atomic mass is 10.1. The Kier molecular flexibility index (Phi) is 4.38. The van der Waals surface area contributed by atoms with E-state index < -0.39 is 4.92 Å². The molecule has 2 atom stereocenters. The Morgan fingerprint density at radius 1 is 1.55 bits per heavy atom. The molecule has 1 aromatic rings. The Hall–Kier alpha value is -1.90. The minimum absolute atomic E-state index is 0.0323. The number of anilines is 2. The van der Waals surface area contributed by atoms with E-state index in [1.165, 1.54) is 12.1 Å². The largest absolute Gasteiger partial charge is 0.394 e. The number of nitro benzene ring substituents is 1. The number of nitro groups is 1. The fourth-order valence-corrected chi connectivity index (χ4v) is 2.32. The first-order valence-electron chi connectivity index (χ1n) is 6.31. The highest BCUT2D eigenvalue weighted by atomic mass is 16.6. The summed E-state index contributed by atoms with van der Waals surface area (Å²) in [6.07, 6.45) is -0.359. The molecule has 2 unspecified atom stereocenters. The number of morpholine rings is 1. The second-order valence-corrected chi connectivity index (χ2v) is 4.80. The Balaban J connectivity index is 2.30. The highest BCUT2D eigenvalue weighted by molar-refractivity contribution is 5.64. The van der Waals surface area contributed by atoms with Gasteiger partial charge in [-0.05, 0) is 13.0 Å². The van der Waals surface area contributed by atoms with Gasteiger partial charge in [0.05, 0.1) is 29.4 Å². The first-order valence-corrected chi connectivity index (χ1v) is 6.31. The van der Waals surface area contributed by atoms with Gasteiger partial charge in [0, 0.05) is 30.9 Å². The van der Waals surface area contributed by atoms with Gasteiger partial charge in [0.15, 0.2) is 0 Å². The van der Waals surface area contributed by atoms with Gasteiger partial charge in [-0.15, -0.1) is 0 Å². The second kappa shape index (κ2) is 6.04. The maximum atomic E-state index is 10.9. The van der Waals surface area contributed by atoms with Gasteiger partial charge in [0.1, 0.15) is 0 Å². The van der Waals surface area contributed by atoms with Gasteiger partial charge in [0.2, 0.25) is 0 Å². The SMILES string of the molecule is CC1CN(c2cc(NN)cc([N+](=O)[O-])c2)CC(CO)O1. The van der Waals surface area contributed by atoms with Crippen molar-refractivity contribution in [3.05, 3.63) is 28.3 Å². The average molecular weight is 282 g/mol. The normalized spacial score (nSPS) is 22.6. The Bertz CT molecular complexity index is 496. The van der Waals surface area contributed by atoms with Crippen molar-refractivity contribution in [3.8, 4) is 0 Å². The third kappa shape index (κ3) is 3.16. The number of nitrogens with zero attached hydrogens (tertiary/aromatic N) is 2. The van der Waals surface area contributed by atoms with Crippen molar-refractivity contribution in [1.29, 1.82) is 0 Å². The monoisotopic (exact) mass is 282 g/mol. The van der Waals surface area contributed by atoms with Crippen LogP contribution in [0.3, 0.4) is 0 Å². The molecule has 0 bridgehead atoms. The molecule has 0 saturated carbocycles. The second-order valence-electron chi connectivity index (χ2n) is 4.80. The zero-order valence-electron chi connectivity index (χ0n) is 11.2. The molecule has 1 aliphatic rings. The zero-order chi connectivity index (χ0) is 14.7. The number of nitrogens with one attached hydrogen (secondary N) is 1. The van der Waals surface area contributed by atoms with Crippen LogP contribution in [-0.4, -0.2) is 41.9 Å². The highest BCUT2D eigenvalue weighted by Gasteiger charge is 2.26. The molecule has 1 aliphatic heterocycles. The number of nitrogens with two attached hydrogens (primary N) is 1. The summed E-state index contributed by atoms with van der Waals surface area (Å²) in [5.41, 5.74) is 3.54. The summed E-state index contributed by atoms with van der Waals surface area (Å²) in [4.78, 5) is 12.4. The summed E-state index contributed by atoms with van der Waals surface area (Å²) in [7, 11) is 0. The predicted octanol–water partition coefficient (Wildman–Crippen LogP) is 0.466. The number of aliphatic hydroxyl groups is 1. The fraction of sp³-hybridized carbons (Fsp3) is 0.500. The van der Waals surface area contributed by atoms with Crippen molar-refractivity contribution in [2.75, 3.05) is 30.0 Å². The van der Waals surface area contributed by atoms with Gasteiger partial charge in [-0.1, -0.05) is 0 Å². The Labute approximate surface area is 116 Å². The minimum Gasteiger partial charge on any atom is -0.394 e.